The topological polar surface area (TPSA) is 29.9 Å². The van der Waals surface area contributed by atoms with E-state index in [1.165, 1.54) is 44.9 Å². The molecule has 1 aliphatic rings. The quantitative estimate of drug-likeness (QED) is 0.869. The van der Waals surface area contributed by atoms with Crippen LogP contribution in [0.1, 0.15) is 51.9 Å². The molecule has 0 bridgehead atoms. The van der Waals surface area contributed by atoms with Crippen molar-refractivity contribution in [3.05, 3.63) is 18.7 Å². The second-order valence-corrected chi connectivity index (χ2v) is 5.37. The van der Waals surface area contributed by atoms with Crippen molar-refractivity contribution in [1.29, 1.82) is 0 Å². The zero-order chi connectivity index (χ0) is 11.9. The van der Waals surface area contributed by atoms with Gasteiger partial charge in [0.05, 0.1) is 6.33 Å². The average molecular weight is 235 g/mol. The van der Waals surface area contributed by atoms with Gasteiger partial charge < -0.3 is 9.88 Å². The molecule has 2 rings (SSSR count). The predicted octanol–water partition coefficient (Wildman–Crippen LogP) is 2.97. The minimum absolute atomic E-state index is 0.536. The molecule has 1 unspecified atom stereocenters. The number of nitrogens with zero attached hydrogens (tertiary/aromatic N) is 2. The molecular weight excluding hydrogens is 210 g/mol. The molecule has 17 heavy (non-hydrogen) atoms. The third-order valence-electron chi connectivity index (χ3n) is 3.67. The van der Waals surface area contributed by atoms with Gasteiger partial charge in [-0.15, -0.1) is 0 Å². The normalized spacial score (nSPS) is 20.8. The van der Waals surface area contributed by atoms with Gasteiger partial charge in [-0.25, -0.2) is 4.98 Å². The lowest BCUT2D eigenvalue weighted by Crippen LogP contribution is -2.39. The van der Waals surface area contributed by atoms with Crippen molar-refractivity contribution in [2.75, 3.05) is 0 Å². The molecule has 0 amide bonds. The van der Waals surface area contributed by atoms with Crippen LogP contribution in [0.25, 0.3) is 0 Å². The molecular formula is C14H25N3. The highest BCUT2D eigenvalue weighted by Gasteiger charge is 2.13. The zero-order valence-electron chi connectivity index (χ0n) is 10.9. The fraction of sp³-hybridized carbons (Fsp3) is 0.786. The lowest BCUT2D eigenvalue weighted by molar-refractivity contribution is 0.342. The van der Waals surface area contributed by atoms with E-state index in [-0.39, 0.29) is 0 Å². The number of hydrogen-bond acceptors (Lipinski definition) is 2. The van der Waals surface area contributed by atoms with Crippen LogP contribution in [0.3, 0.4) is 0 Å². The van der Waals surface area contributed by atoms with Crippen molar-refractivity contribution in [3.63, 3.8) is 0 Å². The van der Waals surface area contributed by atoms with E-state index in [0.29, 0.717) is 6.04 Å². The summed E-state index contributed by atoms with van der Waals surface area (Å²) in [5, 5.41) is 3.78. The molecule has 3 nitrogen and oxygen atoms in total. The monoisotopic (exact) mass is 235 g/mol. The van der Waals surface area contributed by atoms with Crippen molar-refractivity contribution in [3.8, 4) is 0 Å². The fourth-order valence-corrected chi connectivity index (χ4v) is 2.79. The van der Waals surface area contributed by atoms with Gasteiger partial charge in [-0.2, -0.15) is 0 Å². The van der Waals surface area contributed by atoms with E-state index in [1.54, 1.807) is 0 Å². The number of nitrogens with one attached hydrogen (secondary N) is 1. The van der Waals surface area contributed by atoms with Crippen LogP contribution in [0.2, 0.25) is 0 Å². The Kier molecular flexibility index (Phi) is 5.05. The second-order valence-electron chi connectivity index (χ2n) is 5.37. The van der Waals surface area contributed by atoms with Crippen molar-refractivity contribution in [2.24, 2.45) is 0 Å². The molecule has 1 aromatic rings. The van der Waals surface area contributed by atoms with Gasteiger partial charge in [0.25, 0.3) is 0 Å². The molecule has 1 N–H and O–H groups in total. The van der Waals surface area contributed by atoms with Crippen LogP contribution in [-0.2, 0) is 6.54 Å². The van der Waals surface area contributed by atoms with Crippen LogP contribution in [0.5, 0.6) is 0 Å². The summed E-state index contributed by atoms with van der Waals surface area (Å²) in [6, 6.07) is 1.27. The maximum absolute atomic E-state index is 4.08. The smallest absolute Gasteiger partial charge is 0.0946 e. The van der Waals surface area contributed by atoms with E-state index >= 15 is 0 Å². The molecule has 1 fully saturated rings. The Balaban J connectivity index is 1.74. The number of hydrogen-bond donors (Lipinski definition) is 1. The predicted molar refractivity (Wildman–Crippen MR) is 70.9 cm³/mol. The summed E-state index contributed by atoms with van der Waals surface area (Å²) >= 11 is 0. The van der Waals surface area contributed by atoms with E-state index < -0.39 is 0 Å². The molecule has 1 heterocycles. The van der Waals surface area contributed by atoms with Crippen molar-refractivity contribution < 1.29 is 0 Å². The Bertz CT molecular complexity index is 286. The largest absolute Gasteiger partial charge is 0.336 e. The molecule has 1 aromatic heterocycles. The fourth-order valence-electron chi connectivity index (χ4n) is 2.79. The number of imidazole rings is 1. The van der Waals surface area contributed by atoms with Gasteiger partial charge in [-0.1, -0.05) is 32.1 Å². The zero-order valence-corrected chi connectivity index (χ0v) is 10.9. The molecule has 0 saturated heterocycles. The van der Waals surface area contributed by atoms with E-state index in [4.69, 9.17) is 0 Å². The maximum atomic E-state index is 4.08. The summed E-state index contributed by atoms with van der Waals surface area (Å²) in [5.74, 6) is 0. The Hall–Kier alpha value is -0.830. The van der Waals surface area contributed by atoms with Gasteiger partial charge in [0.15, 0.2) is 0 Å². The molecule has 1 atom stereocenters. The van der Waals surface area contributed by atoms with Crippen molar-refractivity contribution in [1.82, 2.24) is 14.9 Å². The van der Waals surface area contributed by atoms with Gasteiger partial charge in [-0.05, 0) is 19.8 Å². The Labute approximate surface area is 105 Å². The number of aromatic nitrogens is 2. The minimum Gasteiger partial charge on any atom is -0.336 e. The van der Waals surface area contributed by atoms with Crippen LogP contribution in [0, 0.1) is 0 Å². The standard InChI is InChI=1S/C14H25N3/c1-13(11-17-10-9-15-12-17)16-14-7-5-3-2-4-6-8-14/h9-10,12-14,16H,2-8,11H2,1H3. The highest BCUT2D eigenvalue weighted by Crippen LogP contribution is 2.17. The third-order valence-corrected chi connectivity index (χ3v) is 3.67. The maximum Gasteiger partial charge on any atom is 0.0946 e. The summed E-state index contributed by atoms with van der Waals surface area (Å²) < 4.78 is 2.15. The van der Waals surface area contributed by atoms with Crippen molar-refractivity contribution >= 4 is 0 Å². The molecule has 0 radical (unpaired) electrons. The SMILES string of the molecule is CC(Cn1ccnc1)NC1CCCCCCC1. The van der Waals surface area contributed by atoms with Gasteiger partial charge >= 0.3 is 0 Å². The van der Waals surface area contributed by atoms with Crippen LogP contribution < -0.4 is 5.32 Å². The molecule has 96 valence electrons. The lowest BCUT2D eigenvalue weighted by atomic mass is 9.96. The molecule has 0 aliphatic heterocycles. The summed E-state index contributed by atoms with van der Waals surface area (Å²) in [5.41, 5.74) is 0. The third kappa shape index (κ3) is 4.50. The average Bonchev–Trinajstić information content (AvgIpc) is 2.74. The first-order valence-electron chi connectivity index (χ1n) is 7.06. The molecule has 1 saturated carbocycles. The number of rotatable bonds is 4. The van der Waals surface area contributed by atoms with Crippen LogP contribution in [0.15, 0.2) is 18.7 Å². The van der Waals surface area contributed by atoms with Crippen LogP contribution in [-0.4, -0.2) is 21.6 Å². The van der Waals surface area contributed by atoms with Gasteiger partial charge in [0.1, 0.15) is 0 Å². The van der Waals surface area contributed by atoms with Crippen molar-refractivity contribution in [2.45, 2.75) is 70.5 Å². The van der Waals surface area contributed by atoms with Gasteiger partial charge in [-0.3, -0.25) is 0 Å². The lowest BCUT2D eigenvalue weighted by Gasteiger charge is -2.25. The van der Waals surface area contributed by atoms with E-state index in [1.807, 2.05) is 18.7 Å². The van der Waals surface area contributed by atoms with Crippen LogP contribution in [0.4, 0.5) is 0 Å². The summed E-state index contributed by atoms with van der Waals surface area (Å²) in [6.07, 6.45) is 15.6. The van der Waals surface area contributed by atoms with E-state index in [2.05, 4.69) is 21.8 Å². The molecule has 3 heteroatoms. The molecule has 1 aliphatic carbocycles. The summed E-state index contributed by atoms with van der Waals surface area (Å²) in [7, 11) is 0. The summed E-state index contributed by atoms with van der Waals surface area (Å²) in [6.45, 7) is 3.30. The summed E-state index contributed by atoms with van der Waals surface area (Å²) in [4.78, 5) is 4.08. The van der Waals surface area contributed by atoms with Gasteiger partial charge in [0, 0.05) is 31.0 Å². The first kappa shape index (κ1) is 12.6. The van der Waals surface area contributed by atoms with Gasteiger partial charge in [0.2, 0.25) is 0 Å². The molecule has 0 aromatic carbocycles. The molecule has 0 spiro atoms. The Morgan fingerprint density at radius 3 is 2.59 bits per heavy atom. The Morgan fingerprint density at radius 2 is 1.94 bits per heavy atom. The second kappa shape index (κ2) is 6.80. The van der Waals surface area contributed by atoms with Crippen LogP contribution >= 0.6 is 0 Å². The first-order valence-corrected chi connectivity index (χ1v) is 7.06. The first-order chi connectivity index (χ1) is 8.34. The highest BCUT2D eigenvalue weighted by molar-refractivity contribution is 4.79. The van der Waals surface area contributed by atoms with E-state index in [9.17, 15) is 0 Å². The minimum atomic E-state index is 0.536. The van der Waals surface area contributed by atoms with E-state index in [0.717, 1.165) is 12.6 Å². The Morgan fingerprint density at radius 1 is 1.24 bits per heavy atom. The highest BCUT2D eigenvalue weighted by atomic mass is 15.1.